The summed E-state index contributed by atoms with van der Waals surface area (Å²) in [6, 6.07) is 9.37. The van der Waals surface area contributed by atoms with E-state index in [0.717, 1.165) is 12.0 Å². The molecule has 1 aliphatic carbocycles. The van der Waals surface area contributed by atoms with Crippen LogP contribution < -0.4 is 0 Å². The summed E-state index contributed by atoms with van der Waals surface area (Å²) in [5, 5.41) is 11.2. The zero-order chi connectivity index (χ0) is 12.4. The molecule has 0 spiro atoms. The van der Waals surface area contributed by atoms with Crippen molar-refractivity contribution in [3.63, 3.8) is 0 Å². The van der Waals surface area contributed by atoms with Gasteiger partial charge in [0.2, 0.25) is 6.04 Å². The molecule has 2 atom stereocenters. The largest absolute Gasteiger partial charge is 0.264 e. The Morgan fingerprint density at radius 3 is 2.29 bits per heavy atom. The van der Waals surface area contributed by atoms with Crippen molar-refractivity contribution >= 4 is 0 Å². The second-order valence-electron chi connectivity index (χ2n) is 4.84. The molecule has 0 amide bonds. The molecule has 0 fully saturated rings. The first-order chi connectivity index (χ1) is 8.09. The van der Waals surface area contributed by atoms with Crippen LogP contribution in [0, 0.1) is 10.1 Å². The molecule has 0 unspecified atom stereocenters. The minimum atomic E-state index is -0.471. The van der Waals surface area contributed by atoms with Gasteiger partial charge in [-0.3, -0.25) is 10.1 Å². The number of nitro groups is 1. The van der Waals surface area contributed by atoms with Gasteiger partial charge in [-0.1, -0.05) is 41.5 Å². The molecule has 0 bridgehead atoms. The summed E-state index contributed by atoms with van der Waals surface area (Å²) in [6.07, 6.45) is 1.39. The maximum atomic E-state index is 11.2. The summed E-state index contributed by atoms with van der Waals surface area (Å²) >= 11 is 0. The van der Waals surface area contributed by atoms with Crippen LogP contribution in [-0.4, -0.2) is 11.0 Å². The van der Waals surface area contributed by atoms with Crippen LogP contribution in [0.25, 0.3) is 0 Å². The van der Waals surface area contributed by atoms with Crippen molar-refractivity contribution in [2.24, 2.45) is 0 Å². The van der Waals surface area contributed by atoms with Gasteiger partial charge < -0.3 is 0 Å². The van der Waals surface area contributed by atoms with E-state index in [0.29, 0.717) is 6.42 Å². The lowest BCUT2D eigenvalue weighted by molar-refractivity contribution is -0.527. The van der Waals surface area contributed by atoms with Crippen molar-refractivity contribution in [3.8, 4) is 0 Å². The standard InChI is InChI=1S/C14H17NO2/c1-10-8-13(12-6-4-3-5-7-12)14(15(16)17)9-11(10)2/h3-7,13-14H,8-9H2,1-2H3/t13-,14-/m1/s1. The Hall–Kier alpha value is -1.64. The van der Waals surface area contributed by atoms with Gasteiger partial charge in [0.15, 0.2) is 0 Å². The first-order valence-electron chi connectivity index (χ1n) is 5.93. The van der Waals surface area contributed by atoms with Gasteiger partial charge >= 0.3 is 0 Å². The van der Waals surface area contributed by atoms with Crippen LogP contribution in [0.2, 0.25) is 0 Å². The highest BCUT2D eigenvalue weighted by atomic mass is 16.6. The van der Waals surface area contributed by atoms with E-state index in [2.05, 4.69) is 6.92 Å². The number of rotatable bonds is 2. The average molecular weight is 231 g/mol. The Morgan fingerprint density at radius 2 is 1.71 bits per heavy atom. The van der Waals surface area contributed by atoms with Crippen molar-refractivity contribution < 1.29 is 4.92 Å². The van der Waals surface area contributed by atoms with Crippen molar-refractivity contribution in [3.05, 3.63) is 57.2 Å². The van der Waals surface area contributed by atoms with Gasteiger partial charge in [-0.25, -0.2) is 0 Å². The van der Waals surface area contributed by atoms with Gasteiger partial charge in [-0.05, 0) is 25.8 Å². The Labute approximate surface area is 101 Å². The predicted molar refractivity (Wildman–Crippen MR) is 67.6 cm³/mol. The molecule has 0 aromatic heterocycles. The molecule has 3 heteroatoms. The number of benzene rings is 1. The summed E-state index contributed by atoms with van der Waals surface area (Å²) < 4.78 is 0. The summed E-state index contributed by atoms with van der Waals surface area (Å²) in [7, 11) is 0. The molecule has 90 valence electrons. The fourth-order valence-electron chi connectivity index (χ4n) is 2.53. The van der Waals surface area contributed by atoms with E-state index in [1.807, 2.05) is 37.3 Å². The normalized spacial score (nSPS) is 24.8. The first-order valence-corrected chi connectivity index (χ1v) is 5.93. The van der Waals surface area contributed by atoms with E-state index in [4.69, 9.17) is 0 Å². The number of nitrogens with zero attached hydrogens (tertiary/aromatic N) is 1. The molecule has 0 saturated carbocycles. The summed E-state index contributed by atoms with van der Waals surface area (Å²) in [6.45, 7) is 4.09. The van der Waals surface area contributed by atoms with Crippen LogP contribution in [0.5, 0.6) is 0 Å². The van der Waals surface area contributed by atoms with Gasteiger partial charge in [-0.2, -0.15) is 0 Å². The molecule has 2 rings (SSSR count). The molecule has 1 aromatic rings. The molecule has 17 heavy (non-hydrogen) atoms. The van der Waals surface area contributed by atoms with Crippen LogP contribution in [0.3, 0.4) is 0 Å². The topological polar surface area (TPSA) is 43.1 Å². The average Bonchev–Trinajstić information content (AvgIpc) is 2.33. The zero-order valence-electron chi connectivity index (χ0n) is 10.2. The summed E-state index contributed by atoms with van der Waals surface area (Å²) in [5.41, 5.74) is 3.57. The smallest absolute Gasteiger partial charge is 0.223 e. The Kier molecular flexibility index (Phi) is 3.27. The first kappa shape index (κ1) is 11.8. The van der Waals surface area contributed by atoms with Crippen LogP contribution in [0.1, 0.15) is 38.2 Å². The molecular formula is C14H17NO2. The maximum absolute atomic E-state index is 11.2. The Bertz CT molecular complexity index is 451. The Balaban J connectivity index is 2.35. The van der Waals surface area contributed by atoms with Crippen molar-refractivity contribution in [2.45, 2.75) is 38.6 Å². The van der Waals surface area contributed by atoms with Gasteiger partial charge in [0.1, 0.15) is 0 Å². The zero-order valence-corrected chi connectivity index (χ0v) is 10.2. The number of hydrogen-bond donors (Lipinski definition) is 0. The monoisotopic (exact) mass is 231 g/mol. The van der Waals surface area contributed by atoms with E-state index in [1.54, 1.807) is 0 Å². The second kappa shape index (κ2) is 4.70. The molecule has 1 aliphatic rings. The molecule has 0 heterocycles. The summed E-state index contributed by atoms with van der Waals surface area (Å²) in [4.78, 5) is 11.1. The van der Waals surface area contributed by atoms with E-state index < -0.39 is 6.04 Å². The molecular weight excluding hydrogens is 214 g/mol. The SMILES string of the molecule is CC1=C(C)C[C@@H]([N+](=O)[O-])[C@@H](c2ccccc2)C1. The minimum absolute atomic E-state index is 0.0231. The van der Waals surface area contributed by atoms with Crippen LogP contribution in [-0.2, 0) is 0 Å². The van der Waals surface area contributed by atoms with E-state index in [9.17, 15) is 10.1 Å². The lowest BCUT2D eigenvalue weighted by Crippen LogP contribution is -2.31. The minimum Gasteiger partial charge on any atom is -0.264 e. The van der Waals surface area contributed by atoms with Gasteiger partial charge in [0, 0.05) is 11.3 Å². The fraction of sp³-hybridized carbons (Fsp3) is 0.429. The van der Waals surface area contributed by atoms with Crippen molar-refractivity contribution in [1.82, 2.24) is 0 Å². The maximum Gasteiger partial charge on any atom is 0.223 e. The van der Waals surface area contributed by atoms with E-state index in [1.165, 1.54) is 11.1 Å². The molecule has 0 radical (unpaired) electrons. The molecule has 0 N–H and O–H groups in total. The van der Waals surface area contributed by atoms with Crippen LogP contribution in [0.15, 0.2) is 41.5 Å². The molecule has 0 aliphatic heterocycles. The Morgan fingerprint density at radius 1 is 1.12 bits per heavy atom. The number of hydrogen-bond acceptors (Lipinski definition) is 2. The second-order valence-corrected chi connectivity index (χ2v) is 4.84. The van der Waals surface area contributed by atoms with Crippen molar-refractivity contribution in [1.29, 1.82) is 0 Å². The highest BCUT2D eigenvalue weighted by Gasteiger charge is 2.36. The van der Waals surface area contributed by atoms with Crippen LogP contribution in [0.4, 0.5) is 0 Å². The highest BCUT2D eigenvalue weighted by Crippen LogP contribution is 2.37. The van der Waals surface area contributed by atoms with Gasteiger partial charge in [-0.15, -0.1) is 0 Å². The highest BCUT2D eigenvalue weighted by molar-refractivity contribution is 5.28. The third-order valence-corrected chi connectivity index (χ3v) is 3.73. The summed E-state index contributed by atoms with van der Waals surface area (Å²) in [5.74, 6) is 0.0231. The fourth-order valence-corrected chi connectivity index (χ4v) is 2.53. The lowest BCUT2D eigenvalue weighted by atomic mass is 9.78. The van der Waals surface area contributed by atoms with E-state index in [-0.39, 0.29) is 10.8 Å². The number of allylic oxidation sites excluding steroid dienone is 1. The predicted octanol–water partition coefficient (Wildman–Crippen LogP) is 3.55. The van der Waals surface area contributed by atoms with Crippen LogP contribution >= 0.6 is 0 Å². The molecule has 1 aromatic carbocycles. The lowest BCUT2D eigenvalue weighted by Gasteiger charge is -2.27. The van der Waals surface area contributed by atoms with Gasteiger partial charge in [0.05, 0.1) is 5.92 Å². The quantitative estimate of drug-likeness (QED) is 0.444. The molecule has 0 saturated heterocycles. The van der Waals surface area contributed by atoms with Crippen molar-refractivity contribution in [2.75, 3.05) is 0 Å². The molecule has 3 nitrogen and oxygen atoms in total. The van der Waals surface area contributed by atoms with E-state index >= 15 is 0 Å². The third kappa shape index (κ3) is 2.38. The third-order valence-electron chi connectivity index (χ3n) is 3.73. The van der Waals surface area contributed by atoms with Gasteiger partial charge in [0.25, 0.3) is 0 Å².